The molecule has 1 aromatic rings. The molecule has 0 amide bonds. The van der Waals surface area contributed by atoms with Gasteiger partial charge >= 0.3 is 0 Å². The average molecular weight is 236 g/mol. The molecule has 0 bridgehead atoms. The van der Waals surface area contributed by atoms with E-state index >= 15 is 0 Å². The van der Waals surface area contributed by atoms with Crippen molar-refractivity contribution in [2.45, 2.75) is 0 Å². The Balaban J connectivity index is 2.83. The van der Waals surface area contributed by atoms with Crippen LogP contribution in [-0.4, -0.2) is 50.5 Å². The van der Waals surface area contributed by atoms with E-state index in [0.29, 0.717) is 37.8 Å². The summed E-state index contributed by atoms with van der Waals surface area (Å²) in [6, 6.07) is 2.03. The van der Waals surface area contributed by atoms with E-state index in [0.717, 1.165) is 0 Å². The minimum Gasteiger partial charge on any atom is -0.383 e. The van der Waals surface area contributed by atoms with E-state index < -0.39 is 0 Å². The predicted octanol–water partition coefficient (Wildman–Crippen LogP) is 0.447. The Morgan fingerprint density at radius 3 is 2.29 bits per heavy atom. The van der Waals surface area contributed by atoms with Crippen LogP contribution in [0.3, 0.4) is 0 Å². The number of ether oxygens (including phenoxy) is 2. The zero-order valence-electron chi connectivity index (χ0n) is 10.1. The molecule has 0 aromatic carbocycles. The summed E-state index contributed by atoms with van der Waals surface area (Å²) >= 11 is 0. The van der Waals surface area contributed by atoms with Crippen LogP contribution in [0.2, 0.25) is 0 Å². The molecule has 0 N–H and O–H groups in total. The highest BCUT2D eigenvalue weighted by Gasteiger charge is 2.13. The van der Waals surface area contributed by atoms with Crippen molar-refractivity contribution in [3.63, 3.8) is 0 Å². The number of nitriles is 1. The Morgan fingerprint density at radius 1 is 1.18 bits per heavy atom. The van der Waals surface area contributed by atoms with Gasteiger partial charge in [-0.1, -0.05) is 0 Å². The van der Waals surface area contributed by atoms with Gasteiger partial charge in [0.05, 0.1) is 13.2 Å². The van der Waals surface area contributed by atoms with E-state index in [2.05, 4.69) is 9.97 Å². The summed E-state index contributed by atoms with van der Waals surface area (Å²) in [5.74, 6) is 0.573. The molecule has 0 saturated carbocycles. The number of hydrogen-bond donors (Lipinski definition) is 0. The monoisotopic (exact) mass is 236 g/mol. The van der Waals surface area contributed by atoms with Crippen LogP contribution in [0.1, 0.15) is 5.69 Å². The van der Waals surface area contributed by atoms with Crippen molar-refractivity contribution in [2.75, 3.05) is 45.4 Å². The van der Waals surface area contributed by atoms with E-state index in [4.69, 9.17) is 14.7 Å². The molecular weight excluding hydrogens is 220 g/mol. The van der Waals surface area contributed by atoms with Gasteiger partial charge in [-0.15, -0.1) is 0 Å². The first-order chi connectivity index (χ1) is 8.33. The second-order valence-electron chi connectivity index (χ2n) is 3.31. The van der Waals surface area contributed by atoms with Crippen LogP contribution in [0.25, 0.3) is 0 Å². The van der Waals surface area contributed by atoms with Crippen molar-refractivity contribution < 1.29 is 9.47 Å². The Hall–Kier alpha value is -1.71. The molecule has 0 unspecified atom stereocenters. The maximum Gasteiger partial charge on any atom is 0.183 e. The predicted molar refractivity (Wildman–Crippen MR) is 62.7 cm³/mol. The lowest BCUT2D eigenvalue weighted by Gasteiger charge is -2.23. The van der Waals surface area contributed by atoms with E-state index in [1.807, 2.05) is 11.0 Å². The van der Waals surface area contributed by atoms with Crippen LogP contribution in [0, 0.1) is 11.3 Å². The molecule has 1 heterocycles. The van der Waals surface area contributed by atoms with Gasteiger partial charge in [-0.2, -0.15) is 5.26 Å². The lowest BCUT2D eigenvalue weighted by atomic mass is 10.3. The summed E-state index contributed by atoms with van der Waals surface area (Å²) < 4.78 is 10.1. The molecule has 0 fully saturated rings. The van der Waals surface area contributed by atoms with Gasteiger partial charge in [-0.05, 0) is 0 Å². The molecule has 0 aliphatic rings. The summed E-state index contributed by atoms with van der Waals surface area (Å²) in [6.45, 7) is 2.41. The number of nitrogens with zero attached hydrogens (tertiary/aromatic N) is 4. The highest BCUT2D eigenvalue weighted by atomic mass is 16.5. The highest BCUT2D eigenvalue weighted by molar-refractivity contribution is 5.49. The summed E-state index contributed by atoms with van der Waals surface area (Å²) in [5.41, 5.74) is 0.319. The SMILES string of the molecule is COCCN(CCOC)c1nccnc1C#N. The zero-order valence-corrected chi connectivity index (χ0v) is 10.1. The third-order valence-electron chi connectivity index (χ3n) is 2.22. The van der Waals surface area contributed by atoms with Gasteiger partial charge in [0.15, 0.2) is 11.5 Å². The van der Waals surface area contributed by atoms with Crippen LogP contribution in [-0.2, 0) is 9.47 Å². The van der Waals surface area contributed by atoms with Crippen molar-refractivity contribution in [1.82, 2.24) is 9.97 Å². The number of methoxy groups -OCH3 is 2. The van der Waals surface area contributed by atoms with Gasteiger partial charge in [-0.3, -0.25) is 0 Å². The molecule has 0 aliphatic carbocycles. The second-order valence-corrected chi connectivity index (χ2v) is 3.31. The van der Waals surface area contributed by atoms with Crippen LogP contribution in [0.4, 0.5) is 5.82 Å². The molecule has 1 aromatic heterocycles. The van der Waals surface area contributed by atoms with Crippen molar-refractivity contribution in [2.24, 2.45) is 0 Å². The minimum atomic E-state index is 0.319. The van der Waals surface area contributed by atoms with Crippen molar-refractivity contribution >= 4 is 5.82 Å². The molecular formula is C11H16N4O2. The molecule has 0 radical (unpaired) electrons. The zero-order chi connectivity index (χ0) is 12.5. The van der Waals surface area contributed by atoms with Crippen molar-refractivity contribution in [1.29, 1.82) is 5.26 Å². The largest absolute Gasteiger partial charge is 0.383 e. The molecule has 92 valence electrons. The Morgan fingerprint density at radius 2 is 1.76 bits per heavy atom. The number of anilines is 1. The second kappa shape index (κ2) is 7.54. The fraction of sp³-hybridized carbons (Fsp3) is 0.545. The van der Waals surface area contributed by atoms with Crippen LogP contribution in [0.15, 0.2) is 12.4 Å². The molecule has 1 rings (SSSR count). The number of hydrogen-bond acceptors (Lipinski definition) is 6. The summed E-state index contributed by atoms with van der Waals surface area (Å²) in [6.07, 6.45) is 3.08. The molecule has 6 nitrogen and oxygen atoms in total. The van der Waals surface area contributed by atoms with Gasteiger partial charge in [-0.25, -0.2) is 9.97 Å². The van der Waals surface area contributed by atoms with Gasteiger partial charge in [0.25, 0.3) is 0 Å². The van der Waals surface area contributed by atoms with Gasteiger partial charge in [0.2, 0.25) is 0 Å². The summed E-state index contributed by atoms with van der Waals surface area (Å²) in [7, 11) is 3.27. The topological polar surface area (TPSA) is 71.3 Å². The minimum absolute atomic E-state index is 0.319. The Bertz CT molecular complexity index is 370. The average Bonchev–Trinajstić information content (AvgIpc) is 2.39. The maximum atomic E-state index is 8.98. The molecule has 6 heteroatoms. The highest BCUT2D eigenvalue weighted by Crippen LogP contribution is 2.13. The Labute approximate surface area is 101 Å². The Kier molecular flexibility index (Phi) is 5.93. The molecule has 0 saturated heterocycles. The van der Waals surface area contributed by atoms with E-state index in [1.165, 1.54) is 6.20 Å². The van der Waals surface area contributed by atoms with E-state index in [9.17, 15) is 0 Å². The summed E-state index contributed by atoms with van der Waals surface area (Å²) in [4.78, 5) is 10.1. The lowest BCUT2D eigenvalue weighted by molar-refractivity contribution is 0.190. The van der Waals surface area contributed by atoms with Crippen molar-refractivity contribution in [3.8, 4) is 6.07 Å². The normalized spacial score (nSPS) is 9.94. The van der Waals surface area contributed by atoms with Crippen LogP contribution in [0.5, 0.6) is 0 Å². The first kappa shape index (κ1) is 13.4. The fourth-order valence-electron chi connectivity index (χ4n) is 1.37. The molecule has 0 spiro atoms. The lowest BCUT2D eigenvalue weighted by Crippen LogP contribution is -2.32. The standard InChI is InChI=1S/C11H16N4O2/c1-16-7-5-15(6-8-17-2)11-10(9-12)13-3-4-14-11/h3-4H,5-8H2,1-2H3. The quantitative estimate of drug-likeness (QED) is 0.684. The smallest absolute Gasteiger partial charge is 0.183 e. The van der Waals surface area contributed by atoms with E-state index in [-0.39, 0.29) is 0 Å². The fourth-order valence-corrected chi connectivity index (χ4v) is 1.37. The third-order valence-corrected chi connectivity index (χ3v) is 2.22. The number of aromatic nitrogens is 2. The van der Waals surface area contributed by atoms with Crippen LogP contribution >= 0.6 is 0 Å². The van der Waals surface area contributed by atoms with E-state index in [1.54, 1.807) is 20.4 Å². The van der Waals surface area contributed by atoms with Crippen molar-refractivity contribution in [3.05, 3.63) is 18.1 Å². The molecule has 0 aliphatic heterocycles. The molecule has 0 atom stereocenters. The first-order valence-electron chi connectivity index (χ1n) is 5.27. The first-order valence-corrected chi connectivity index (χ1v) is 5.27. The maximum absolute atomic E-state index is 8.98. The van der Waals surface area contributed by atoms with Gasteiger partial charge in [0.1, 0.15) is 6.07 Å². The molecule has 17 heavy (non-hydrogen) atoms. The third kappa shape index (κ3) is 3.98. The summed E-state index contributed by atoms with van der Waals surface area (Å²) in [5, 5.41) is 8.98. The van der Waals surface area contributed by atoms with Crippen LogP contribution < -0.4 is 4.90 Å². The van der Waals surface area contributed by atoms with Gasteiger partial charge in [0, 0.05) is 39.7 Å². The number of rotatable bonds is 7. The van der Waals surface area contributed by atoms with Gasteiger partial charge < -0.3 is 14.4 Å².